The highest BCUT2D eigenvalue weighted by Gasteiger charge is 2.60. The number of rotatable bonds is 8. The molecule has 0 bridgehead atoms. The van der Waals surface area contributed by atoms with Gasteiger partial charge in [0.15, 0.2) is 0 Å². The van der Waals surface area contributed by atoms with Crippen LogP contribution >= 0.6 is 0 Å². The summed E-state index contributed by atoms with van der Waals surface area (Å²) in [5.41, 5.74) is 6.01. The third-order valence-electron chi connectivity index (χ3n) is 13.9. The van der Waals surface area contributed by atoms with E-state index in [4.69, 9.17) is 4.74 Å². The summed E-state index contributed by atoms with van der Waals surface area (Å²) in [6.07, 6.45) is 13.3. The molecule has 4 N–H and O–H groups in total. The van der Waals surface area contributed by atoms with Crippen LogP contribution in [0.2, 0.25) is 0 Å². The van der Waals surface area contributed by atoms with E-state index in [1.165, 1.54) is 69.1 Å². The quantitative estimate of drug-likeness (QED) is 0.192. The highest BCUT2D eigenvalue weighted by Crippen LogP contribution is 2.66. The van der Waals surface area contributed by atoms with Crippen LogP contribution in [0.3, 0.4) is 0 Å². The molecule has 6 nitrogen and oxygen atoms in total. The summed E-state index contributed by atoms with van der Waals surface area (Å²) in [6, 6.07) is 11.3. The lowest BCUT2D eigenvalue weighted by molar-refractivity contribution is -0.140. The van der Waals surface area contributed by atoms with Gasteiger partial charge in [-0.15, -0.1) is 0 Å². The molecule has 4 saturated carbocycles. The van der Waals surface area contributed by atoms with Crippen molar-refractivity contribution < 1.29 is 19.0 Å². The molecule has 1 amide bonds. The zero-order valence-corrected chi connectivity index (χ0v) is 28.2. The van der Waals surface area contributed by atoms with Gasteiger partial charge in [0.05, 0.1) is 17.8 Å². The number of halogens is 1. The van der Waals surface area contributed by atoms with Crippen molar-refractivity contribution in [2.75, 3.05) is 19.7 Å². The first kappa shape index (κ1) is 31.5. The fourth-order valence-electron chi connectivity index (χ4n) is 11.2. The summed E-state index contributed by atoms with van der Waals surface area (Å²) in [6.45, 7) is 8.08. The lowest BCUT2D eigenvalue weighted by Crippen LogP contribution is -2.54. The maximum absolute atomic E-state index is 14.3. The van der Waals surface area contributed by atoms with Crippen molar-refractivity contribution >= 4 is 16.8 Å². The van der Waals surface area contributed by atoms with Gasteiger partial charge in [0.25, 0.3) is 5.91 Å². The lowest BCUT2D eigenvalue weighted by Gasteiger charge is -2.60. The summed E-state index contributed by atoms with van der Waals surface area (Å²) in [5, 5.41) is 18.1. The van der Waals surface area contributed by atoms with Gasteiger partial charge in [-0.3, -0.25) is 4.79 Å². The van der Waals surface area contributed by atoms with Gasteiger partial charge in [-0.25, -0.2) is 4.39 Å². The Morgan fingerprint density at radius 2 is 1.81 bits per heavy atom. The number of amides is 1. The van der Waals surface area contributed by atoms with Crippen molar-refractivity contribution in [2.24, 2.45) is 34.5 Å². The molecule has 4 fully saturated rings. The molecule has 2 heterocycles. The van der Waals surface area contributed by atoms with Gasteiger partial charge in [-0.2, -0.15) is 0 Å². The van der Waals surface area contributed by atoms with Crippen molar-refractivity contribution in [1.29, 1.82) is 0 Å². The molecule has 5 aliphatic rings. The van der Waals surface area contributed by atoms with E-state index in [1.54, 1.807) is 0 Å². The van der Waals surface area contributed by atoms with Crippen molar-refractivity contribution in [1.82, 2.24) is 15.6 Å². The second kappa shape index (κ2) is 12.3. The van der Waals surface area contributed by atoms with E-state index in [9.17, 15) is 14.3 Å². The molecular formula is C40H52FN3O3. The normalized spacial score (nSPS) is 34.8. The third-order valence-corrected chi connectivity index (χ3v) is 13.9. The Labute approximate surface area is 278 Å². The Morgan fingerprint density at radius 3 is 2.66 bits per heavy atom. The van der Waals surface area contributed by atoms with E-state index in [-0.39, 0.29) is 17.4 Å². The zero-order valence-electron chi connectivity index (χ0n) is 28.2. The van der Waals surface area contributed by atoms with Gasteiger partial charge >= 0.3 is 0 Å². The van der Waals surface area contributed by atoms with Crippen LogP contribution in [-0.4, -0.2) is 47.9 Å². The van der Waals surface area contributed by atoms with Crippen LogP contribution in [0.15, 0.2) is 36.4 Å². The van der Waals surface area contributed by atoms with Crippen molar-refractivity contribution in [2.45, 2.75) is 103 Å². The standard InChI is InChI=1S/C40H52FN3O3/c1-39-15-12-28(20-26(39)8-9-29-32-10-11-35(45)40(32,2)16-13-33(29)39)47-19-3-17-42-23-24-4-6-25(7-5-24)37-30-14-18-43-38(46)31-21-27(41)22-34(44-37)36(30)31/h4-7,21-22,26,28-29,32-33,35,42,44-45H,3,8-20,23H2,1-2H3,(H,43,46)/t26-,28?,29-,32-,33-,35-,39-,40-/m0/s1. The van der Waals surface area contributed by atoms with Gasteiger partial charge in [-0.05, 0) is 140 Å². The molecule has 2 aromatic carbocycles. The summed E-state index contributed by atoms with van der Waals surface area (Å²) >= 11 is 0. The Bertz CT molecular complexity index is 1640. The Morgan fingerprint density at radius 1 is 1.00 bits per heavy atom. The van der Waals surface area contributed by atoms with E-state index in [0.717, 1.165) is 78.4 Å². The molecule has 7 heteroatoms. The number of hydrogen-bond acceptors (Lipinski definition) is 4. The molecule has 47 heavy (non-hydrogen) atoms. The smallest absolute Gasteiger partial charge is 0.252 e. The second-order valence-electron chi connectivity index (χ2n) is 16.1. The Hall–Kier alpha value is -2.74. The number of ether oxygens (including phenoxy) is 1. The minimum Gasteiger partial charge on any atom is -0.393 e. The van der Waals surface area contributed by atoms with Crippen LogP contribution < -0.4 is 10.6 Å². The maximum atomic E-state index is 14.3. The number of benzene rings is 2. The van der Waals surface area contributed by atoms with E-state index in [1.807, 2.05) is 0 Å². The molecule has 1 unspecified atom stereocenters. The molecule has 8 atom stereocenters. The van der Waals surface area contributed by atoms with Crippen molar-refractivity contribution in [3.05, 3.63) is 58.9 Å². The van der Waals surface area contributed by atoms with Crippen LogP contribution in [0.5, 0.6) is 0 Å². The van der Waals surface area contributed by atoms with Crippen molar-refractivity contribution in [3.63, 3.8) is 0 Å². The highest BCUT2D eigenvalue weighted by atomic mass is 19.1. The van der Waals surface area contributed by atoms with Crippen LogP contribution in [0, 0.1) is 40.3 Å². The van der Waals surface area contributed by atoms with Crippen LogP contribution in [-0.2, 0) is 17.7 Å². The summed E-state index contributed by atoms with van der Waals surface area (Å²) in [5.74, 6) is 2.56. The first-order valence-electron chi connectivity index (χ1n) is 18.5. The van der Waals surface area contributed by atoms with E-state index >= 15 is 0 Å². The monoisotopic (exact) mass is 641 g/mol. The first-order valence-corrected chi connectivity index (χ1v) is 18.5. The second-order valence-corrected chi connectivity index (χ2v) is 16.1. The molecule has 3 aromatic rings. The van der Waals surface area contributed by atoms with Gasteiger partial charge < -0.3 is 25.5 Å². The number of nitrogens with one attached hydrogen (secondary N) is 3. The van der Waals surface area contributed by atoms with Gasteiger partial charge in [0.1, 0.15) is 5.82 Å². The fraction of sp³-hybridized carbons (Fsp3) is 0.625. The number of carbonyl (C=O) groups excluding carboxylic acids is 1. The minimum atomic E-state index is -0.405. The summed E-state index contributed by atoms with van der Waals surface area (Å²) in [7, 11) is 0. The summed E-state index contributed by atoms with van der Waals surface area (Å²) in [4.78, 5) is 15.9. The topological polar surface area (TPSA) is 86.4 Å². The first-order chi connectivity index (χ1) is 22.7. The molecule has 0 spiro atoms. The average molecular weight is 642 g/mol. The predicted molar refractivity (Wildman–Crippen MR) is 184 cm³/mol. The molecule has 1 aromatic heterocycles. The number of aromatic nitrogens is 1. The van der Waals surface area contributed by atoms with Gasteiger partial charge in [0, 0.05) is 36.3 Å². The van der Waals surface area contributed by atoms with Crippen LogP contribution in [0.25, 0.3) is 22.2 Å². The molecular weight excluding hydrogens is 589 g/mol. The number of aliphatic hydroxyl groups excluding tert-OH is 1. The largest absolute Gasteiger partial charge is 0.393 e. The lowest BCUT2D eigenvalue weighted by atomic mass is 9.45. The average Bonchev–Trinajstić information content (AvgIpc) is 3.52. The SMILES string of the molecule is C[C@]12CCC(OCCCNCc3ccc(-c4[nH]c5cc(F)cc6c5c4CCNC6=O)cc3)C[C@@H]1CC[C@@H]1[C@@H]2CC[C@]2(C)[C@@H](O)CC[C@@H]12. The Kier molecular flexibility index (Phi) is 8.25. The molecule has 4 aliphatic carbocycles. The number of H-pyrrole nitrogens is 1. The van der Waals surface area contributed by atoms with Crippen LogP contribution in [0.1, 0.15) is 99.5 Å². The zero-order chi connectivity index (χ0) is 32.3. The van der Waals surface area contributed by atoms with Gasteiger partial charge in [0.2, 0.25) is 0 Å². The molecule has 252 valence electrons. The molecule has 8 rings (SSSR count). The number of hydrogen-bond donors (Lipinski definition) is 4. The summed E-state index contributed by atoms with van der Waals surface area (Å²) < 4.78 is 20.7. The number of aromatic amines is 1. The van der Waals surface area contributed by atoms with E-state index < -0.39 is 5.82 Å². The van der Waals surface area contributed by atoms with E-state index in [2.05, 4.69) is 53.7 Å². The molecule has 0 radical (unpaired) electrons. The maximum Gasteiger partial charge on any atom is 0.252 e. The predicted octanol–water partition coefficient (Wildman–Crippen LogP) is 7.53. The highest BCUT2D eigenvalue weighted by molar-refractivity contribution is 6.10. The van der Waals surface area contributed by atoms with Crippen molar-refractivity contribution in [3.8, 4) is 11.3 Å². The number of fused-ring (bicyclic) bond motifs is 5. The fourth-order valence-corrected chi connectivity index (χ4v) is 11.2. The van der Waals surface area contributed by atoms with Crippen LogP contribution in [0.4, 0.5) is 4.39 Å². The minimum absolute atomic E-state index is 0.0820. The molecule has 1 aliphatic heterocycles. The Balaban J connectivity index is 0.802. The molecule has 0 saturated heterocycles. The van der Waals surface area contributed by atoms with Gasteiger partial charge in [-0.1, -0.05) is 38.1 Å². The third kappa shape index (κ3) is 5.45. The number of aliphatic hydroxyl groups is 1. The van der Waals surface area contributed by atoms with E-state index in [0.29, 0.717) is 35.6 Å². The number of carbonyl (C=O) groups is 1.